The first-order chi connectivity index (χ1) is 22.1. The monoisotopic (exact) mass is 660 g/mol. The predicted octanol–water partition coefficient (Wildman–Crippen LogP) is 7.51. The molecule has 0 amide bonds. The van der Waals surface area contributed by atoms with Crippen molar-refractivity contribution in [1.29, 1.82) is 0 Å². The van der Waals surface area contributed by atoms with Crippen LogP contribution in [0.1, 0.15) is 120 Å². The summed E-state index contributed by atoms with van der Waals surface area (Å²) in [4.78, 5) is 26.1. The molecule has 6 fully saturated rings. The zero-order valence-corrected chi connectivity index (χ0v) is 31.6. The van der Waals surface area contributed by atoms with Crippen LogP contribution in [0.15, 0.2) is 0 Å². The Hall–Kier alpha value is -0.860. The molecule has 0 aliphatic heterocycles. The fourth-order valence-electron chi connectivity index (χ4n) is 13.2. The fourth-order valence-corrected chi connectivity index (χ4v) is 13.2. The molecule has 0 heterocycles. The van der Waals surface area contributed by atoms with Crippen LogP contribution >= 0.6 is 0 Å². The van der Waals surface area contributed by atoms with Gasteiger partial charge in [-0.05, 0) is 98.7 Å². The number of carbonyl (C=O) groups is 2. The second-order valence-electron chi connectivity index (χ2n) is 17.8. The molecule has 0 aromatic heterocycles. The maximum absolute atomic E-state index is 13.2. The van der Waals surface area contributed by atoms with Crippen LogP contribution in [0, 0.1) is 69.0 Å². The lowest BCUT2D eigenvalue weighted by Gasteiger charge is -2.61. The van der Waals surface area contributed by atoms with Gasteiger partial charge in [0.1, 0.15) is 18.4 Å². The first-order valence-corrected chi connectivity index (χ1v) is 19.0. The standard InChI is InChI=1S/C21H36O4.C19H32O3/c1-13-11-17(25-12-23-5)20(4)14(2)7-9-21(15(3)18(13)22)10-8-16(24-6)19(20)21;1-11-10-15(20)18(4)12(2)6-8-19(13(3)16(11)21)9-7-14(22-5)17(18)19/h13-17,19H,7-12H2,1-6H3;11-15,17,20H,6-10H2,1-5H3/t13-,14+,15-,16+,17+,19?,20-,21?;11-,12+,13-,14+,15+,17?,18-,19?/m00/s1. The maximum Gasteiger partial charge on any atom is 0.146 e. The number of hydrogen-bond donors (Lipinski definition) is 1. The van der Waals surface area contributed by atoms with Crippen molar-refractivity contribution in [2.75, 3.05) is 28.1 Å². The second kappa shape index (κ2) is 13.7. The Bertz CT molecular complexity index is 1140. The van der Waals surface area contributed by atoms with Crippen LogP contribution < -0.4 is 0 Å². The average molecular weight is 661 g/mol. The molecule has 7 nitrogen and oxygen atoms in total. The zero-order valence-electron chi connectivity index (χ0n) is 31.6. The lowest BCUT2D eigenvalue weighted by molar-refractivity contribution is -0.213. The molecule has 0 saturated heterocycles. The van der Waals surface area contributed by atoms with Crippen LogP contribution in [-0.2, 0) is 28.5 Å². The molecule has 4 bridgehead atoms. The summed E-state index contributed by atoms with van der Waals surface area (Å²) in [7, 11) is 5.31. The molecule has 16 atom stereocenters. The van der Waals surface area contributed by atoms with Crippen molar-refractivity contribution in [2.24, 2.45) is 69.0 Å². The summed E-state index contributed by atoms with van der Waals surface area (Å²) in [5.41, 5.74) is -0.0209. The third kappa shape index (κ3) is 5.54. The number of rotatable bonds is 5. The molecule has 7 heteroatoms. The zero-order chi connectivity index (χ0) is 34.7. The SMILES string of the molecule is COCO[C@@H]1C[C@H](C)C(=O)[C@H](C)C23CC[C@@H](C)[C@]1(C)C2[C@H](OC)CC3.CO[C@@H]1CCC23CC[C@@H](C)[C@](C)(C12)[C@H](O)C[C@H](C)C(=O)[C@@H]3C. The topological polar surface area (TPSA) is 91.3 Å². The molecule has 0 radical (unpaired) electrons. The van der Waals surface area contributed by atoms with Crippen molar-refractivity contribution in [3.8, 4) is 0 Å². The summed E-state index contributed by atoms with van der Waals surface area (Å²) in [6, 6.07) is 0. The molecule has 0 aromatic rings. The van der Waals surface area contributed by atoms with Crippen LogP contribution in [0.25, 0.3) is 0 Å². The number of aliphatic hydroxyl groups excluding tert-OH is 1. The lowest BCUT2D eigenvalue weighted by atomic mass is 9.45. The van der Waals surface area contributed by atoms with E-state index in [2.05, 4.69) is 48.5 Å². The van der Waals surface area contributed by atoms with Gasteiger partial charge in [0.25, 0.3) is 0 Å². The molecule has 1 N–H and O–H groups in total. The molecule has 6 rings (SSSR count). The largest absolute Gasteiger partial charge is 0.393 e. The van der Waals surface area contributed by atoms with Gasteiger partial charge >= 0.3 is 0 Å². The molecule has 6 aliphatic rings. The average Bonchev–Trinajstić information content (AvgIpc) is 3.65. The van der Waals surface area contributed by atoms with E-state index >= 15 is 0 Å². The van der Waals surface area contributed by atoms with E-state index in [9.17, 15) is 14.7 Å². The smallest absolute Gasteiger partial charge is 0.146 e. The Balaban J connectivity index is 0.000000186. The first-order valence-electron chi connectivity index (χ1n) is 19.0. The maximum atomic E-state index is 13.2. The molecule has 6 aliphatic carbocycles. The Labute approximate surface area is 286 Å². The summed E-state index contributed by atoms with van der Waals surface area (Å²) >= 11 is 0. The van der Waals surface area contributed by atoms with Crippen molar-refractivity contribution in [3.05, 3.63) is 0 Å². The van der Waals surface area contributed by atoms with E-state index in [0.29, 0.717) is 48.5 Å². The van der Waals surface area contributed by atoms with E-state index < -0.39 is 6.10 Å². The van der Waals surface area contributed by atoms with E-state index in [-0.39, 0.29) is 63.6 Å². The van der Waals surface area contributed by atoms with Gasteiger partial charge in [-0.25, -0.2) is 0 Å². The lowest BCUT2D eigenvalue weighted by Crippen LogP contribution is -2.61. The van der Waals surface area contributed by atoms with Crippen LogP contribution in [0.5, 0.6) is 0 Å². The van der Waals surface area contributed by atoms with Crippen molar-refractivity contribution in [2.45, 2.75) is 144 Å². The highest BCUT2D eigenvalue weighted by Crippen LogP contribution is 2.69. The van der Waals surface area contributed by atoms with Gasteiger partial charge in [-0.1, -0.05) is 55.4 Å². The molecule has 6 saturated carbocycles. The third-order valence-electron chi connectivity index (χ3n) is 16.4. The Kier molecular flexibility index (Phi) is 10.9. The van der Waals surface area contributed by atoms with Crippen molar-refractivity contribution < 1.29 is 33.6 Å². The highest BCUT2D eigenvalue weighted by atomic mass is 16.7. The van der Waals surface area contributed by atoms with Gasteiger partial charge in [0, 0.05) is 55.8 Å². The van der Waals surface area contributed by atoms with Crippen molar-refractivity contribution >= 4 is 11.6 Å². The number of carbonyl (C=O) groups excluding carboxylic acids is 2. The molecule has 47 heavy (non-hydrogen) atoms. The molecular formula is C40H68O7. The molecule has 0 aromatic carbocycles. The van der Waals surface area contributed by atoms with Crippen LogP contribution in [0.2, 0.25) is 0 Å². The van der Waals surface area contributed by atoms with Gasteiger partial charge < -0.3 is 24.1 Å². The highest BCUT2D eigenvalue weighted by Gasteiger charge is 2.68. The Morgan fingerprint density at radius 2 is 1.09 bits per heavy atom. The molecule has 4 unspecified atom stereocenters. The van der Waals surface area contributed by atoms with Crippen LogP contribution in [-0.4, -0.2) is 69.2 Å². The van der Waals surface area contributed by atoms with Gasteiger partial charge in [-0.2, -0.15) is 0 Å². The third-order valence-corrected chi connectivity index (χ3v) is 16.4. The summed E-state index contributed by atoms with van der Waals surface area (Å²) in [5, 5.41) is 11.1. The van der Waals surface area contributed by atoms with E-state index in [1.54, 1.807) is 14.2 Å². The van der Waals surface area contributed by atoms with Crippen molar-refractivity contribution in [3.63, 3.8) is 0 Å². The van der Waals surface area contributed by atoms with Gasteiger partial charge in [-0.3, -0.25) is 9.59 Å². The Morgan fingerprint density at radius 1 is 0.660 bits per heavy atom. The summed E-state index contributed by atoms with van der Waals surface area (Å²) < 4.78 is 23.3. The van der Waals surface area contributed by atoms with Gasteiger partial charge in [0.05, 0.1) is 24.4 Å². The number of hydrogen-bond acceptors (Lipinski definition) is 7. The van der Waals surface area contributed by atoms with Gasteiger partial charge in [-0.15, -0.1) is 0 Å². The quantitative estimate of drug-likeness (QED) is 0.305. The van der Waals surface area contributed by atoms with Crippen LogP contribution in [0.3, 0.4) is 0 Å². The second-order valence-corrected chi connectivity index (χ2v) is 17.8. The van der Waals surface area contributed by atoms with Gasteiger partial charge in [0.2, 0.25) is 0 Å². The van der Waals surface area contributed by atoms with E-state index in [0.717, 1.165) is 51.4 Å². The normalized spacial score (nSPS) is 52.7. The van der Waals surface area contributed by atoms with Crippen molar-refractivity contribution in [1.82, 2.24) is 0 Å². The fraction of sp³-hybridized carbons (Fsp3) is 0.950. The summed E-state index contributed by atoms with van der Waals surface area (Å²) in [5.74, 6) is 2.70. The predicted molar refractivity (Wildman–Crippen MR) is 184 cm³/mol. The minimum absolute atomic E-state index is 0.0111. The van der Waals surface area contributed by atoms with Crippen LogP contribution in [0.4, 0.5) is 0 Å². The number of ketones is 2. The highest BCUT2D eigenvalue weighted by molar-refractivity contribution is 5.84. The molecular weight excluding hydrogens is 592 g/mol. The molecule has 0 spiro atoms. The summed E-state index contributed by atoms with van der Waals surface area (Å²) in [6.45, 7) is 18.1. The minimum atomic E-state index is -0.408. The number of Topliss-reactive ketones (excluding diaryl/α,β-unsaturated/α-hetero) is 2. The minimum Gasteiger partial charge on any atom is -0.393 e. The number of ether oxygens (including phenoxy) is 4. The van der Waals surface area contributed by atoms with E-state index in [4.69, 9.17) is 18.9 Å². The van der Waals surface area contributed by atoms with Gasteiger partial charge in [0.15, 0.2) is 0 Å². The molecule has 270 valence electrons. The Morgan fingerprint density at radius 3 is 1.55 bits per heavy atom. The first kappa shape index (κ1) is 37.4. The number of aliphatic hydroxyl groups is 1. The number of methoxy groups -OCH3 is 3. The van der Waals surface area contributed by atoms with E-state index in [1.165, 1.54) is 6.42 Å². The summed E-state index contributed by atoms with van der Waals surface area (Å²) in [6.07, 6.45) is 10.2. The van der Waals surface area contributed by atoms with E-state index in [1.807, 2.05) is 14.0 Å².